The van der Waals surface area contributed by atoms with Gasteiger partial charge in [0, 0.05) is 10.5 Å². The predicted octanol–water partition coefficient (Wildman–Crippen LogP) is 5.21. The highest BCUT2D eigenvalue weighted by Gasteiger charge is 2.25. The topological polar surface area (TPSA) is 12.0 Å². The molecule has 106 valence electrons. The Labute approximate surface area is 124 Å². The van der Waals surface area contributed by atoms with Gasteiger partial charge in [-0.1, -0.05) is 54.6 Å². The molecule has 1 atom stereocenters. The van der Waals surface area contributed by atoms with Gasteiger partial charge in [-0.25, -0.2) is 4.39 Å². The zero-order valence-electron chi connectivity index (χ0n) is 11.6. The number of rotatable bonds is 4. The fourth-order valence-electron chi connectivity index (χ4n) is 3.15. The van der Waals surface area contributed by atoms with Gasteiger partial charge in [0.15, 0.2) is 0 Å². The van der Waals surface area contributed by atoms with Crippen molar-refractivity contribution in [1.29, 1.82) is 0 Å². The van der Waals surface area contributed by atoms with Crippen molar-refractivity contribution in [3.05, 3.63) is 34.1 Å². The Bertz CT molecular complexity index is 400. The summed E-state index contributed by atoms with van der Waals surface area (Å²) in [7, 11) is 0. The minimum atomic E-state index is -0.174. The second kappa shape index (κ2) is 7.39. The van der Waals surface area contributed by atoms with Crippen LogP contribution in [0.25, 0.3) is 0 Å². The fourth-order valence-corrected chi connectivity index (χ4v) is 3.75. The van der Waals surface area contributed by atoms with Crippen molar-refractivity contribution < 1.29 is 4.39 Å². The van der Waals surface area contributed by atoms with Crippen LogP contribution in [0.2, 0.25) is 0 Å². The van der Waals surface area contributed by atoms with Gasteiger partial charge in [0.1, 0.15) is 5.82 Å². The molecular formula is C16H23BrFN. The standard InChI is InChI=1S/C16H23BrFN/c1-2-19-16(12-7-5-3-4-6-8-12)14-10-9-13(18)11-15(14)17/h9-12,16,19H,2-8H2,1H3. The minimum Gasteiger partial charge on any atom is -0.310 e. The predicted molar refractivity (Wildman–Crippen MR) is 81.7 cm³/mol. The Hall–Kier alpha value is -0.410. The van der Waals surface area contributed by atoms with E-state index < -0.39 is 0 Å². The highest BCUT2D eigenvalue weighted by Crippen LogP contribution is 2.36. The van der Waals surface area contributed by atoms with Crippen molar-refractivity contribution in [3.63, 3.8) is 0 Å². The molecule has 2 rings (SSSR count). The van der Waals surface area contributed by atoms with Gasteiger partial charge in [-0.2, -0.15) is 0 Å². The zero-order chi connectivity index (χ0) is 13.7. The Morgan fingerprint density at radius 1 is 1.26 bits per heavy atom. The van der Waals surface area contributed by atoms with Crippen molar-refractivity contribution in [3.8, 4) is 0 Å². The number of halogens is 2. The van der Waals surface area contributed by atoms with Gasteiger partial charge in [-0.05, 0) is 43.0 Å². The van der Waals surface area contributed by atoms with Gasteiger partial charge in [0.25, 0.3) is 0 Å². The van der Waals surface area contributed by atoms with Crippen LogP contribution < -0.4 is 5.32 Å². The quantitative estimate of drug-likeness (QED) is 0.748. The summed E-state index contributed by atoms with van der Waals surface area (Å²) < 4.78 is 14.1. The Morgan fingerprint density at radius 2 is 1.95 bits per heavy atom. The Balaban J connectivity index is 2.22. The second-order valence-electron chi connectivity index (χ2n) is 5.45. The van der Waals surface area contributed by atoms with Crippen LogP contribution in [0.4, 0.5) is 4.39 Å². The smallest absolute Gasteiger partial charge is 0.124 e. The Morgan fingerprint density at radius 3 is 2.53 bits per heavy atom. The van der Waals surface area contributed by atoms with Crippen LogP contribution in [-0.2, 0) is 0 Å². The van der Waals surface area contributed by atoms with E-state index in [9.17, 15) is 4.39 Å². The van der Waals surface area contributed by atoms with E-state index in [1.165, 1.54) is 44.1 Å². The molecule has 0 spiro atoms. The molecule has 19 heavy (non-hydrogen) atoms. The first kappa shape index (κ1) is 15.0. The zero-order valence-corrected chi connectivity index (χ0v) is 13.2. The number of hydrogen-bond donors (Lipinski definition) is 1. The average molecular weight is 328 g/mol. The first-order valence-electron chi connectivity index (χ1n) is 7.40. The van der Waals surface area contributed by atoms with Crippen LogP contribution in [0.3, 0.4) is 0 Å². The van der Waals surface area contributed by atoms with Crippen molar-refractivity contribution in [2.24, 2.45) is 5.92 Å². The van der Waals surface area contributed by atoms with Crippen LogP contribution in [0.5, 0.6) is 0 Å². The van der Waals surface area contributed by atoms with Crippen LogP contribution in [-0.4, -0.2) is 6.54 Å². The van der Waals surface area contributed by atoms with Crippen LogP contribution in [0, 0.1) is 11.7 Å². The van der Waals surface area contributed by atoms with Gasteiger partial charge in [0.05, 0.1) is 0 Å². The van der Waals surface area contributed by atoms with E-state index in [2.05, 4.69) is 28.2 Å². The van der Waals surface area contributed by atoms with Crippen LogP contribution in [0.15, 0.2) is 22.7 Å². The summed E-state index contributed by atoms with van der Waals surface area (Å²) in [6.07, 6.45) is 7.93. The molecule has 3 heteroatoms. The summed E-state index contributed by atoms with van der Waals surface area (Å²) in [6.45, 7) is 3.09. The molecule has 1 unspecified atom stereocenters. The van der Waals surface area contributed by atoms with Crippen LogP contribution in [0.1, 0.15) is 57.1 Å². The third kappa shape index (κ3) is 4.03. The van der Waals surface area contributed by atoms with Crippen LogP contribution >= 0.6 is 15.9 Å². The third-order valence-corrected chi connectivity index (χ3v) is 4.78. The summed E-state index contributed by atoms with van der Waals surface area (Å²) in [5, 5.41) is 3.60. The maximum absolute atomic E-state index is 13.3. The highest BCUT2D eigenvalue weighted by molar-refractivity contribution is 9.10. The molecule has 0 aromatic heterocycles. The van der Waals surface area contributed by atoms with E-state index in [1.54, 1.807) is 12.1 Å². The summed E-state index contributed by atoms with van der Waals surface area (Å²) in [6, 6.07) is 5.42. The summed E-state index contributed by atoms with van der Waals surface area (Å²) in [5.74, 6) is 0.496. The molecule has 1 aromatic carbocycles. The maximum Gasteiger partial charge on any atom is 0.124 e. The molecule has 1 aromatic rings. The summed E-state index contributed by atoms with van der Waals surface area (Å²) in [5.41, 5.74) is 1.20. The molecule has 0 radical (unpaired) electrons. The maximum atomic E-state index is 13.3. The van der Waals surface area contributed by atoms with Crippen molar-refractivity contribution in [1.82, 2.24) is 5.32 Å². The lowest BCUT2D eigenvalue weighted by molar-refractivity contribution is 0.329. The first-order chi connectivity index (χ1) is 9.22. The molecule has 0 bridgehead atoms. The molecule has 1 nitrogen and oxygen atoms in total. The van der Waals surface area contributed by atoms with Gasteiger partial charge < -0.3 is 5.32 Å². The third-order valence-electron chi connectivity index (χ3n) is 4.09. The molecule has 0 saturated heterocycles. The van der Waals surface area contributed by atoms with Gasteiger partial charge in [0.2, 0.25) is 0 Å². The SMILES string of the molecule is CCNC(c1ccc(F)cc1Br)C1CCCCCC1. The number of hydrogen-bond acceptors (Lipinski definition) is 1. The molecule has 0 heterocycles. The molecule has 1 aliphatic rings. The lowest BCUT2D eigenvalue weighted by Crippen LogP contribution is -2.28. The normalized spacial score (nSPS) is 19.1. The molecular weight excluding hydrogens is 305 g/mol. The molecule has 0 aliphatic heterocycles. The van der Waals surface area contributed by atoms with Crippen molar-refractivity contribution in [2.45, 2.75) is 51.5 Å². The molecule has 1 saturated carbocycles. The summed E-state index contributed by atoms with van der Waals surface area (Å²) in [4.78, 5) is 0. The second-order valence-corrected chi connectivity index (χ2v) is 6.31. The van der Waals surface area contributed by atoms with E-state index in [0.29, 0.717) is 12.0 Å². The monoisotopic (exact) mass is 327 g/mol. The fraction of sp³-hybridized carbons (Fsp3) is 0.625. The van der Waals surface area contributed by atoms with Gasteiger partial charge in [-0.15, -0.1) is 0 Å². The minimum absolute atomic E-state index is 0.174. The van der Waals surface area contributed by atoms with Gasteiger partial charge in [-0.3, -0.25) is 0 Å². The van der Waals surface area contributed by atoms with Gasteiger partial charge >= 0.3 is 0 Å². The molecule has 1 N–H and O–H groups in total. The largest absolute Gasteiger partial charge is 0.310 e. The van der Waals surface area contributed by atoms with Crippen molar-refractivity contribution in [2.75, 3.05) is 6.54 Å². The summed E-state index contributed by atoms with van der Waals surface area (Å²) >= 11 is 3.52. The van der Waals surface area contributed by atoms with E-state index in [1.807, 2.05) is 6.07 Å². The number of nitrogens with one attached hydrogen (secondary N) is 1. The molecule has 1 aliphatic carbocycles. The van der Waals surface area contributed by atoms with E-state index in [4.69, 9.17) is 0 Å². The van der Waals surface area contributed by atoms with Crippen molar-refractivity contribution >= 4 is 15.9 Å². The van der Waals surface area contributed by atoms with E-state index in [0.717, 1.165) is 11.0 Å². The molecule has 1 fully saturated rings. The lowest BCUT2D eigenvalue weighted by Gasteiger charge is -2.28. The Kier molecular flexibility index (Phi) is 5.83. The van der Waals surface area contributed by atoms with E-state index >= 15 is 0 Å². The lowest BCUT2D eigenvalue weighted by atomic mass is 9.87. The average Bonchev–Trinajstić information content (AvgIpc) is 2.65. The molecule has 0 amide bonds. The first-order valence-corrected chi connectivity index (χ1v) is 8.20. The van der Waals surface area contributed by atoms with E-state index in [-0.39, 0.29) is 5.82 Å². The number of benzene rings is 1. The highest BCUT2D eigenvalue weighted by atomic mass is 79.9.